The molecule has 8 N–H and O–H groups in total. The van der Waals surface area contributed by atoms with E-state index in [-0.39, 0.29) is 0 Å². The number of hydrogen-bond acceptors (Lipinski definition) is 14. The third-order valence-electron chi connectivity index (χ3n) is 4.30. The molecule has 0 aromatic carbocycles. The Morgan fingerprint density at radius 3 is 2.15 bits per heavy atom. The van der Waals surface area contributed by atoms with Gasteiger partial charge in [0.1, 0.15) is 42.7 Å². The molecule has 0 bridgehead atoms. The highest BCUT2D eigenvalue weighted by atomic mass is 17.0. The van der Waals surface area contributed by atoms with E-state index in [4.69, 9.17) is 14.2 Å². The van der Waals surface area contributed by atoms with E-state index in [0.717, 1.165) is 0 Å². The summed E-state index contributed by atoms with van der Waals surface area (Å²) in [5.74, 6) is -2.83. The van der Waals surface area contributed by atoms with Gasteiger partial charge in [0.2, 0.25) is 0 Å². The zero-order valence-electron chi connectivity index (χ0n) is 13.6. The van der Waals surface area contributed by atoms with E-state index in [9.17, 15) is 51.0 Å². The monoisotopic (exact) mass is 403 g/mol. The Morgan fingerprint density at radius 1 is 1.00 bits per heavy atom. The van der Waals surface area contributed by atoms with Crippen LogP contribution in [-0.4, -0.2) is 120 Å². The first-order chi connectivity index (χ1) is 12.6. The Kier molecular flexibility index (Phi) is 6.87. The van der Waals surface area contributed by atoms with Crippen molar-refractivity contribution in [1.82, 2.24) is 0 Å². The van der Waals surface area contributed by atoms with Crippen molar-refractivity contribution < 1.29 is 65.0 Å². The Hall–Kier alpha value is -1.24. The number of rotatable bonds is 6. The summed E-state index contributed by atoms with van der Waals surface area (Å²) < 4.78 is 15.0. The number of aliphatic hydroxyl groups excluding tert-OH is 8. The molecule has 2 rings (SSSR count). The summed E-state index contributed by atoms with van der Waals surface area (Å²) in [7, 11) is 0. The fourth-order valence-electron chi connectivity index (χ4n) is 2.80. The highest BCUT2D eigenvalue weighted by molar-refractivity contribution is 4.96. The average Bonchev–Trinajstić information content (AvgIpc) is 2.63. The molecule has 0 spiro atoms. The Bertz CT molecular complexity index is 520. The molecule has 2 fully saturated rings. The van der Waals surface area contributed by atoms with E-state index in [0.29, 0.717) is 0 Å². The van der Waals surface area contributed by atoms with Crippen LogP contribution in [0.2, 0.25) is 0 Å². The summed E-state index contributed by atoms with van der Waals surface area (Å²) in [4.78, 5) is 14.7. The maximum absolute atomic E-state index is 10.6. The first-order valence-electron chi connectivity index (χ1n) is 7.70. The van der Waals surface area contributed by atoms with Crippen LogP contribution >= 0.6 is 0 Å². The van der Waals surface area contributed by atoms with Crippen LogP contribution in [0.4, 0.5) is 0 Å². The molecule has 0 saturated carbocycles. The smallest absolute Gasteiger partial charge is 0.297 e. The number of hydrogen-bond donors (Lipinski definition) is 8. The molecule has 15 heteroatoms. The van der Waals surface area contributed by atoms with Crippen molar-refractivity contribution in [2.45, 2.75) is 61.1 Å². The van der Waals surface area contributed by atoms with E-state index >= 15 is 0 Å². The second kappa shape index (κ2) is 8.41. The van der Waals surface area contributed by atoms with Crippen LogP contribution in [0.15, 0.2) is 0 Å². The van der Waals surface area contributed by atoms with Gasteiger partial charge in [-0.25, -0.2) is 0 Å². The van der Waals surface area contributed by atoms with Crippen LogP contribution in [0, 0.1) is 10.1 Å². The van der Waals surface area contributed by atoms with E-state index in [1.807, 2.05) is 0 Å². The van der Waals surface area contributed by atoms with Crippen LogP contribution < -0.4 is 0 Å². The molecule has 2 aliphatic heterocycles. The summed E-state index contributed by atoms with van der Waals surface area (Å²) >= 11 is 0. The third kappa shape index (κ3) is 4.13. The van der Waals surface area contributed by atoms with E-state index in [1.54, 1.807) is 0 Å². The van der Waals surface area contributed by atoms with Gasteiger partial charge in [0.15, 0.2) is 12.6 Å². The molecule has 15 nitrogen and oxygen atoms in total. The van der Waals surface area contributed by atoms with Gasteiger partial charge in [0.05, 0.1) is 13.2 Å². The van der Waals surface area contributed by atoms with Crippen molar-refractivity contribution in [3.05, 3.63) is 10.1 Å². The molecule has 0 amide bonds. The summed E-state index contributed by atoms with van der Waals surface area (Å²) in [6.07, 6.45) is -17.2. The minimum absolute atomic E-state index is 0.823. The molecular formula is C12H21NO14. The summed E-state index contributed by atoms with van der Waals surface area (Å²) in [6.45, 7) is -2.16. The van der Waals surface area contributed by atoms with E-state index in [1.165, 1.54) is 0 Å². The first-order valence-corrected chi connectivity index (χ1v) is 7.70. The lowest BCUT2D eigenvalue weighted by Crippen LogP contribution is -2.69. The Balaban J connectivity index is 2.26. The lowest BCUT2D eigenvalue weighted by atomic mass is 9.95. The minimum atomic E-state index is -2.83. The lowest BCUT2D eigenvalue weighted by molar-refractivity contribution is -0.805. The summed E-state index contributed by atoms with van der Waals surface area (Å²) in [5, 5.41) is 86.8. The second-order valence-corrected chi connectivity index (χ2v) is 6.03. The molecule has 27 heavy (non-hydrogen) atoms. The SMILES string of the molecule is O=[N+]([O-])O[C@@]1(CO)O[C@H](O[C@H]2[C@H](O)[C@@H](O)[C@H](O)O[C@@H]2CO)[C@H](O)[C@H](O)C1O. The summed E-state index contributed by atoms with van der Waals surface area (Å²) in [5.41, 5.74) is 0. The quantitative estimate of drug-likeness (QED) is 0.152. The molecule has 0 aromatic rings. The molecule has 0 radical (unpaired) electrons. The van der Waals surface area contributed by atoms with Gasteiger partial charge >= 0.3 is 0 Å². The van der Waals surface area contributed by atoms with Crippen LogP contribution in [0.3, 0.4) is 0 Å². The fourth-order valence-corrected chi connectivity index (χ4v) is 2.80. The van der Waals surface area contributed by atoms with E-state index < -0.39 is 79.4 Å². The van der Waals surface area contributed by atoms with Crippen LogP contribution in [0.5, 0.6) is 0 Å². The predicted molar refractivity (Wildman–Crippen MR) is 75.6 cm³/mol. The standard InChI is InChI=1S/C12H21NO14/c14-1-3-8(4(16)6(18)10(21)24-3)25-11-7(19)5(17)9(20)12(2-15,26-11)27-13(22)23/h3-11,14-21H,1-2H2/t3-,4-,5+,6-,7-,8-,9?,10-,11+,12-/m1/s1. The van der Waals surface area contributed by atoms with Crippen molar-refractivity contribution >= 4 is 0 Å². The van der Waals surface area contributed by atoms with Gasteiger partial charge in [-0.15, -0.1) is 10.1 Å². The zero-order valence-corrected chi connectivity index (χ0v) is 13.6. The molecule has 158 valence electrons. The molecule has 10 atom stereocenters. The van der Waals surface area contributed by atoms with Crippen molar-refractivity contribution in [3.8, 4) is 0 Å². The van der Waals surface area contributed by atoms with Crippen molar-refractivity contribution in [3.63, 3.8) is 0 Å². The average molecular weight is 403 g/mol. The van der Waals surface area contributed by atoms with Gasteiger partial charge < -0.3 is 55.1 Å². The number of aliphatic hydroxyl groups is 8. The minimum Gasteiger partial charge on any atom is -0.394 e. The normalized spacial score (nSPS) is 48.2. The fraction of sp³-hybridized carbons (Fsp3) is 1.00. The maximum Gasteiger partial charge on any atom is 0.297 e. The first kappa shape index (κ1) is 22.1. The molecule has 0 aliphatic carbocycles. The molecule has 2 heterocycles. The van der Waals surface area contributed by atoms with Gasteiger partial charge in [-0.2, -0.15) is 0 Å². The second-order valence-electron chi connectivity index (χ2n) is 6.03. The molecule has 1 unspecified atom stereocenters. The van der Waals surface area contributed by atoms with Crippen molar-refractivity contribution in [2.75, 3.05) is 13.2 Å². The maximum atomic E-state index is 10.6. The van der Waals surface area contributed by atoms with Gasteiger partial charge in [0.25, 0.3) is 10.9 Å². The van der Waals surface area contributed by atoms with Crippen molar-refractivity contribution in [1.29, 1.82) is 0 Å². The highest BCUT2D eigenvalue weighted by Crippen LogP contribution is 2.34. The van der Waals surface area contributed by atoms with Gasteiger partial charge in [-0.05, 0) is 0 Å². The van der Waals surface area contributed by atoms with Gasteiger partial charge in [-0.3, -0.25) is 4.84 Å². The van der Waals surface area contributed by atoms with E-state index in [2.05, 4.69) is 4.84 Å². The van der Waals surface area contributed by atoms with Gasteiger partial charge in [0, 0.05) is 0 Å². The molecule has 2 saturated heterocycles. The largest absolute Gasteiger partial charge is 0.394 e. The van der Waals surface area contributed by atoms with Crippen LogP contribution in [0.1, 0.15) is 0 Å². The summed E-state index contributed by atoms with van der Waals surface area (Å²) in [6, 6.07) is 0. The number of ether oxygens (including phenoxy) is 3. The number of nitrogens with zero attached hydrogens (tertiary/aromatic N) is 1. The lowest BCUT2D eigenvalue weighted by Gasteiger charge is -2.48. The molecule has 2 aliphatic rings. The molecule has 0 aromatic heterocycles. The zero-order chi connectivity index (χ0) is 20.5. The Morgan fingerprint density at radius 2 is 1.63 bits per heavy atom. The van der Waals surface area contributed by atoms with Gasteiger partial charge in [-0.1, -0.05) is 0 Å². The Labute approximate surface area is 150 Å². The van der Waals surface area contributed by atoms with Crippen LogP contribution in [-0.2, 0) is 19.0 Å². The third-order valence-corrected chi connectivity index (χ3v) is 4.30. The predicted octanol–water partition coefficient (Wildman–Crippen LogP) is -5.86. The highest BCUT2D eigenvalue weighted by Gasteiger charge is 2.58. The van der Waals surface area contributed by atoms with Crippen molar-refractivity contribution in [2.24, 2.45) is 0 Å². The topological polar surface area (TPSA) is 242 Å². The van der Waals surface area contributed by atoms with Crippen LogP contribution in [0.25, 0.3) is 0 Å². The molecular weight excluding hydrogens is 382 g/mol.